The van der Waals surface area contributed by atoms with Crippen LogP contribution in [-0.4, -0.2) is 12.8 Å². The summed E-state index contributed by atoms with van der Waals surface area (Å²) in [6.07, 6.45) is 0. The highest BCUT2D eigenvalue weighted by molar-refractivity contribution is 5.72. The quantitative estimate of drug-likeness (QED) is 0.643. The van der Waals surface area contributed by atoms with Crippen LogP contribution in [0.4, 0.5) is 0 Å². The maximum Gasteiger partial charge on any atom is 0.0713 e. The molecular formula is C13H17N. The molecular weight excluding hydrogens is 170 g/mol. The zero-order chi connectivity index (χ0) is 10.7. The van der Waals surface area contributed by atoms with Crippen molar-refractivity contribution >= 4 is 12.3 Å². The average molecular weight is 187 g/mol. The van der Waals surface area contributed by atoms with E-state index in [9.17, 15) is 0 Å². The van der Waals surface area contributed by atoms with Crippen molar-refractivity contribution in [2.45, 2.75) is 26.8 Å². The standard InChI is InChI=1S/C13H17N/c1-9-7-6-8-10(2)13(9)11(3)12(4)14-5/h6-8,12H,3,5H2,1-2,4H3. The van der Waals surface area contributed by atoms with Crippen LogP contribution in [-0.2, 0) is 0 Å². The van der Waals surface area contributed by atoms with Crippen LogP contribution in [0.1, 0.15) is 23.6 Å². The maximum atomic E-state index is 4.08. The van der Waals surface area contributed by atoms with Crippen LogP contribution in [0.3, 0.4) is 0 Å². The molecule has 0 saturated heterocycles. The van der Waals surface area contributed by atoms with Gasteiger partial charge in [-0.05, 0) is 49.8 Å². The Hall–Kier alpha value is -1.37. The van der Waals surface area contributed by atoms with E-state index in [0.29, 0.717) is 0 Å². The topological polar surface area (TPSA) is 12.4 Å². The summed E-state index contributed by atoms with van der Waals surface area (Å²) in [4.78, 5) is 4.00. The van der Waals surface area contributed by atoms with Gasteiger partial charge in [0.1, 0.15) is 0 Å². The number of rotatable bonds is 3. The fraction of sp³-hybridized carbons (Fsp3) is 0.308. The van der Waals surface area contributed by atoms with E-state index >= 15 is 0 Å². The highest BCUT2D eigenvalue weighted by Gasteiger charge is 2.10. The molecule has 1 atom stereocenters. The summed E-state index contributed by atoms with van der Waals surface area (Å²) < 4.78 is 0. The Balaban J connectivity index is 3.18. The van der Waals surface area contributed by atoms with Crippen LogP contribution in [0.25, 0.3) is 5.57 Å². The van der Waals surface area contributed by atoms with E-state index in [1.807, 2.05) is 6.92 Å². The van der Waals surface area contributed by atoms with Crippen molar-refractivity contribution in [3.63, 3.8) is 0 Å². The molecule has 1 aromatic rings. The second-order valence-corrected chi connectivity index (χ2v) is 3.65. The number of nitrogens with zero attached hydrogens (tertiary/aromatic N) is 1. The normalized spacial score (nSPS) is 12.2. The van der Waals surface area contributed by atoms with Gasteiger partial charge in [-0.3, -0.25) is 4.99 Å². The van der Waals surface area contributed by atoms with E-state index in [-0.39, 0.29) is 6.04 Å². The summed E-state index contributed by atoms with van der Waals surface area (Å²) in [5, 5.41) is 0. The fourth-order valence-electron chi connectivity index (χ4n) is 1.64. The predicted molar refractivity (Wildman–Crippen MR) is 64.0 cm³/mol. The molecule has 74 valence electrons. The molecule has 0 N–H and O–H groups in total. The summed E-state index contributed by atoms with van der Waals surface area (Å²) in [5.41, 5.74) is 4.79. The summed E-state index contributed by atoms with van der Waals surface area (Å²) in [5.74, 6) is 0. The number of hydrogen-bond donors (Lipinski definition) is 0. The molecule has 0 aromatic heterocycles. The van der Waals surface area contributed by atoms with Crippen molar-refractivity contribution in [1.29, 1.82) is 0 Å². The molecule has 0 saturated carbocycles. The Kier molecular flexibility index (Phi) is 3.23. The molecule has 0 aliphatic heterocycles. The van der Waals surface area contributed by atoms with Gasteiger partial charge in [0.25, 0.3) is 0 Å². The second kappa shape index (κ2) is 4.23. The third-order valence-electron chi connectivity index (χ3n) is 2.58. The third-order valence-corrected chi connectivity index (χ3v) is 2.58. The second-order valence-electron chi connectivity index (χ2n) is 3.65. The Labute approximate surface area is 86.2 Å². The molecule has 0 fully saturated rings. The van der Waals surface area contributed by atoms with Gasteiger partial charge < -0.3 is 0 Å². The number of aryl methyl sites for hydroxylation is 2. The Morgan fingerprint density at radius 3 is 2.21 bits per heavy atom. The first-order valence-electron chi connectivity index (χ1n) is 4.79. The minimum atomic E-state index is 0.0924. The van der Waals surface area contributed by atoms with Crippen LogP contribution in [0.5, 0.6) is 0 Å². The molecule has 1 aromatic carbocycles. The molecule has 1 unspecified atom stereocenters. The smallest absolute Gasteiger partial charge is 0.0713 e. The highest BCUT2D eigenvalue weighted by Crippen LogP contribution is 2.25. The first-order chi connectivity index (χ1) is 6.57. The SMILES string of the molecule is C=NC(C)C(=C)c1c(C)cccc1C. The number of hydrogen-bond acceptors (Lipinski definition) is 1. The van der Waals surface area contributed by atoms with E-state index in [0.717, 1.165) is 5.57 Å². The number of aliphatic imine (C=N–C) groups is 1. The summed E-state index contributed by atoms with van der Waals surface area (Å²) >= 11 is 0. The first kappa shape index (κ1) is 10.7. The van der Waals surface area contributed by atoms with Gasteiger partial charge in [-0.15, -0.1) is 0 Å². The van der Waals surface area contributed by atoms with Gasteiger partial charge in [-0.2, -0.15) is 0 Å². The van der Waals surface area contributed by atoms with E-state index in [1.165, 1.54) is 16.7 Å². The maximum absolute atomic E-state index is 4.08. The van der Waals surface area contributed by atoms with Crippen LogP contribution in [0, 0.1) is 13.8 Å². The van der Waals surface area contributed by atoms with Crippen molar-refractivity contribution in [1.82, 2.24) is 0 Å². The Morgan fingerprint density at radius 2 is 1.79 bits per heavy atom. The van der Waals surface area contributed by atoms with Crippen molar-refractivity contribution in [3.05, 3.63) is 41.5 Å². The average Bonchev–Trinajstić information content (AvgIpc) is 2.16. The van der Waals surface area contributed by atoms with Gasteiger partial charge in [-0.25, -0.2) is 0 Å². The van der Waals surface area contributed by atoms with Crippen LogP contribution in [0.2, 0.25) is 0 Å². The zero-order valence-corrected chi connectivity index (χ0v) is 9.17. The van der Waals surface area contributed by atoms with Gasteiger partial charge in [-0.1, -0.05) is 24.8 Å². The van der Waals surface area contributed by atoms with Crippen molar-refractivity contribution in [2.24, 2.45) is 4.99 Å². The van der Waals surface area contributed by atoms with E-state index in [4.69, 9.17) is 0 Å². The minimum Gasteiger partial charge on any atom is -0.293 e. The molecule has 1 heteroatoms. The molecule has 0 spiro atoms. The van der Waals surface area contributed by atoms with Crippen molar-refractivity contribution in [2.75, 3.05) is 0 Å². The van der Waals surface area contributed by atoms with Crippen molar-refractivity contribution in [3.8, 4) is 0 Å². The monoisotopic (exact) mass is 187 g/mol. The molecule has 14 heavy (non-hydrogen) atoms. The minimum absolute atomic E-state index is 0.0924. The Morgan fingerprint density at radius 1 is 1.29 bits per heavy atom. The van der Waals surface area contributed by atoms with Gasteiger partial charge in [0.2, 0.25) is 0 Å². The van der Waals surface area contributed by atoms with Gasteiger partial charge in [0.05, 0.1) is 6.04 Å². The molecule has 0 heterocycles. The summed E-state index contributed by atoms with van der Waals surface area (Å²) in [7, 11) is 0. The predicted octanol–water partition coefficient (Wildman–Crippen LogP) is 3.41. The van der Waals surface area contributed by atoms with Crippen LogP contribution >= 0.6 is 0 Å². The van der Waals surface area contributed by atoms with E-state index in [2.05, 4.69) is 50.3 Å². The summed E-state index contributed by atoms with van der Waals surface area (Å²) in [6.45, 7) is 13.9. The van der Waals surface area contributed by atoms with Crippen molar-refractivity contribution < 1.29 is 0 Å². The van der Waals surface area contributed by atoms with Gasteiger partial charge in [0, 0.05) is 0 Å². The summed E-state index contributed by atoms with van der Waals surface area (Å²) in [6, 6.07) is 6.36. The van der Waals surface area contributed by atoms with Gasteiger partial charge in [0.15, 0.2) is 0 Å². The highest BCUT2D eigenvalue weighted by atomic mass is 14.7. The molecule has 1 nitrogen and oxygen atoms in total. The zero-order valence-electron chi connectivity index (χ0n) is 9.17. The lowest BCUT2D eigenvalue weighted by atomic mass is 9.93. The first-order valence-corrected chi connectivity index (χ1v) is 4.79. The lowest BCUT2D eigenvalue weighted by Gasteiger charge is -2.15. The number of benzene rings is 1. The van der Waals surface area contributed by atoms with Gasteiger partial charge >= 0.3 is 0 Å². The van der Waals surface area contributed by atoms with E-state index < -0.39 is 0 Å². The lowest BCUT2D eigenvalue weighted by molar-refractivity contribution is 0.955. The fourth-order valence-corrected chi connectivity index (χ4v) is 1.64. The third kappa shape index (κ3) is 1.92. The lowest BCUT2D eigenvalue weighted by Crippen LogP contribution is -2.03. The van der Waals surface area contributed by atoms with Crippen LogP contribution in [0.15, 0.2) is 29.8 Å². The molecule has 0 aliphatic carbocycles. The molecule has 0 aliphatic rings. The van der Waals surface area contributed by atoms with Crippen LogP contribution < -0.4 is 0 Å². The Bertz CT molecular complexity index is 343. The van der Waals surface area contributed by atoms with E-state index in [1.54, 1.807) is 0 Å². The molecule has 1 rings (SSSR count). The molecule has 0 radical (unpaired) electrons. The molecule has 0 bridgehead atoms. The molecule has 0 amide bonds. The largest absolute Gasteiger partial charge is 0.293 e.